The van der Waals surface area contributed by atoms with Crippen LogP contribution in [-0.4, -0.2) is 83.1 Å². The van der Waals surface area contributed by atoms with Crippen LogP contribution in [0.5, 0.6) is 11.5 Å². The van der Waals surface area contributed by atoms with E-state index in [1.165, 1.54) is 0 Å². The minimum Gasteiger partial charge on any atom is -0.493 e. The molecule has 3 rings (SSSR count). The normalized spacial score (nSPS) is 16.2. The predicted octanol–water partition coefficient (Wildman–Crippen LogP) is 2.15. The van der Waals surface area contributed by atoms with E-state index in [-0.39, 0.29) is 6.61 Å². The summed E-state index contributed by atoms with van der Waals surface area (Å²) in [6.45, 7) is 6.53. The summed E-state index contributed by atoms with van der Waals surface area (Å²) in [5.41, 5.74) is 3.23. The lowest BCUT2D eigenvalue weighted by molar-refractivity contribution is 0.0704. The SMILES string of the molecule is COc1cc(CN(C)Cc2cc(C)[nH]n2)ccc1OCC(O)CN1CCSCC1. The van der Waals surface area contributed by atoms with E-state index in [1.807, 2.05) is 36.9 Å². The summed E-state index contributed by atoms with van der Waals surface area (Å²) in [4.78, 5) is 4.49. The van der Waals surface area contributed by atoms with Crippen molar-refractivity contribution in [3.05, 3.63) is 41.2 Å². The van der Waals surface area contributed by atoms with Gasteiger partial charge < -0.3 is 14.6 Å². The molecule has 0 bridgehead atoms. The van der Waals surface area contributed by atoms with Crippen LogP contribution in [-0.2, 0) is 13.1 Å². The average molecular weight is 421 g/mol. The highest BCUT2D eigenvalue weighted by atomic mass is 32.2. The molecule has 8 heteroatoms. The second kappa shape index (κ2) is 10.9. The molecule has 0 radical (unpaired) electrons. The molecular formula is C21H32N4O3S. The number of methoxy groups -OCH3 is 1. The summed E-state index contributed by atoms with van der Waals surface area (Å²) >= 11 is 1.97. The number of aromatic amines is 1. The van der Waals surface area contributed by atoms with Crippen LogP contribution in [0.2, 0.25) is 0 Å². The number of β-amino-alcohol motifs (C(OH)–C–C–N with tert-alkyl or cyclic N) is 1. The summed E-state index contributed by atoms with van der Waals surface area (Å²) in [5, 5.41) is 17.6. The van der Waals surface area contributed by atoms with Gasteiger partial charge in [-0.2, -0.15) is 16.9 Å². The van der Waals surface area contributed by atoms with Gasteiger partial charge in [-0.3, -0.25) is 14.9 Å². The van der Waals surface area contributed by atoms with Gasteiger partial charge in [0.15, 0.2) is 11.5 Å². The highest BCUT2D eigenvalue weighted by Gasteiger charge is 2.16. The van der Waals surface area contributed by atoms with Gasteiger partial charge in [0.25, 0.3) is 0 Å². The fraction of sp³-hybridized carbons (Fsp3) is 0.571. The van der Waals surface area contributed by atoms with Gasteiger partial charge in [-0.1, -0.05) is 6.07 Å². The van der Waals surface area contributed by atoms with Gasteiger partial charge in [0.2, 0.25) is 0 Å². The van der Waals surface area contributed by atoms with Crippen LogP contribution in [0, 0.1) is 6.92 Å². The van der Waals surface area contributed by atoms with Crippen molar-refractivity contribution in [3.63, 3.8) is 0 Å². The van der Waals surface area contributed by atoms with Crippen LogP contribution in [0.15, 0.2) is 24.3 Å². The number of hydrogen-bond donors (Lipinski definition) is 2. The van der Waals surface area contributed by atoms with Crippen LogP contribution in [0.25, 0.3) is 0 Å². The van der Waals surface area contributed by atoms with Crippen molar-refractivity contribution in [2.75, 3.05) is 51.9 Å². The predicted molar refractivity (Wildman–Crippen MR) is 117 cm³/mol. The summed E-state index contributed by atoms with van der Waals surface area (Å²) in [5.74, 6) is 3.62. The molecule has 0 aliphatic carbocycles. The Hall–Kier alpha value is -1.74. The molecule has 0 spiro atoms. The largest absolute Gasteiger partial charge is 0.493 e. The number of hydrogen-bond acceptors (Lipinski definition) is 7. The third-order valence-electron chi connectivity index (χ3n) is 4.88. The Morgan fingerprint density at radius 1 is 1.24 bits per heavy atom. The zero-order chi connectivity index (χ0) is 20.6. The van der Waals surface area contributed by atoms with Crippen molar-refractivity contribution in [2.24, 2.45) is 0 Å². The van der Waals surface area contributed by atoms with E-state index in [9.17, 15) is 5.11 Å². The maximum absolute atomic E-state index is 10.3. The number of aliphatic hydroxyl groups is 1. The Morgan fingerprint density at radius 2 is 2.03 bits per heavy atom. The molecule has 7 nitrogen and oxygen atoms in total. The average Bonchev–Trinajstić information content (AvgIpc) is 3.12. The number of benzene rings is 1. The lowest BCUT2D eigenvalue weighted by Gasteiger charge is -2.28. The van der Waals surface area contributed by atoms with Crippen molar-refractivity contribution in [2.45, 2.75) is 26.1 Å². The highest BCUT2D eigenvalue weighted by Crippen LogP contribution is 2.29. The molecule has 2 heterocycles. The van der Waals surface area contributed by atoms with Crippen molar-refractivity contribution >= 4 is 11.8 Å². The van der Waals surface area contributed by atoms with Crippen molar-refractivity contribution < 1.29 is 14.6 Å². The van der Waals surface area contributed by atoms with E-state index in [0.717, 1.165) is 54.6 Å². The fourth-order valence-electron chi connectivity index (χ4n) is 3.45. The number of nitrogens with one attached hydrogen (secondary N) is 1. The topological polar surface area (TPSA) is 73.8 Å². The maximum Gasteiger partial charge on any atom is 0.161 e. The van der Waals surface area contributed by atoms with Gasteiger partial charge in [-0.05, 0) is 37.7 Å². The van der Waals surface area contributed by atoms with Gasteiger partial charge in [0.05, 0.1) is 12.8 Å². The summed E-state index contributed by atoms with van der Waals surface area (Å²) < 4.78 is 11.4. The van der Waals surface area contributed by atoms with E-state index in [0.29, 0.717) is 18.0 Å². The molecule has 1 unspecified atom stereocenters. The third kappa shape index (κ3) is 6.92. The molecular weight excluding hydrogens is 388 g/mol. The first-order valence-electron chi connectivity index (χ1n) is 10.0. The molecule has 1 aromatic heterocycles. The number of H-pyrrole nitrogens is 1. The molecule has 1 fully saturated rings. The fourth-order valence-corrected chi connectivity index (χ4v) is 4.43. The molecule has 1 saturated heterocycles. The maximum atomic E-state index is 10.3. The van der Waals surface area contributed by atoms with Gasteiger partial charge in [-0.25, -0.2) is 0 Å². The first-order valence-corrected chi connectivity index (χ1v) is 11.2. The molecule has 0 amide bonds. The van der Waals surface area contributed by atoms with Crippen LogP contribution in [0.3, 0.4) is 0 Å². The number of aliphatic hydroxyl groups excluding tert-OH is 1. The monoisotopic (exact) mass is 420 g/mol. The smallest absolute Gasteiger partial charge is 0.161 e. The lowest BCUT2D eigenvalue weighted by atomic mass is 10.2. The molecule has 1 aliphatic heterocycles. The van der Waals surface area contributed by atoms with Gasteiger partial charge in [-0.15, -0.1) is 0 Å². The number of thioether (sulfide) groups is 1. The minimum absolute atomic E-state index is 0.262. The molecule has 1 atom stereocenters. The quantitative estimate of drug-likeness (QED) is 0.610. The number of ether oxygens (including phenoxy) is 2. The first-order chi connectivity index (χ1) is 14.0. The minimum atomic E-state index is -0.508. The second-order valence-electron chi connectivity index (χ2n) is 7.58. The first kappa shape index (κ1) is 22.0. The summed E-state index contributed by atoms with van der Waals surface area (Å²) in [7, 11) is 3.71. The summed E-state index contributed by atoms with van der Waals surface area (Å²) in [6.07, 6.45) is -0.508. The van der Waals surface area contributed by atoms with E-state index >= 15 is 0 Å². The van der Waals surface area contributed by atoms with Gasteiger partial charge >= 0.3 is 0 Å². The molecule has 0 saturated carbocycles. The zero-order valence-electron chi connectivity index (χ0n) is 17.6. The molecule has 2 N–H and O–H groups in total. The van der Waals surface area contributed by atoms with E-state index in [1.54, 1.807) is 7.11 Å². The van der Waals surface area contributed by atoms with Gasteiger partial charge in [0.1, 0.15) is 12.7 Å². The molecule has 160 valence electrons. The number of nitrogens with zero attached hydrogens (tertiary/aromatic N) is 3. The summed E-state index contributed by atoms with van der Waals surface area (Å²) in [6, 6.07) is 8.02. The standard InChI is InChI=1S/C21H32N4O3S/c1-16-10-18(23-22-16)13-24(2)12-17-4-5-20(21(11-17)27-3)28-15-19(26)14-25-6-8-29-9-7-25/h4-5,10-11,19,26H,6-9,12-15H2,1-3H3,(H,22,23). The van der Waals surface area contributed by atoms with Crippen LogP contribution in [0.4, 0.5) is 0 Å². The van der Waals surface area contributed by atoms with E-state index < -0.39 is 6.10 Å². The van der Waals surface area contributed by atoms with Crippen molar-refractivity contribution in [1.82, 2.24) is 20.0 Å². The molecule has 29 heavy (non-hydrogen) atoms. The van der Waals surface area contributed by atoms with E-state index in [4.69, 9.17) is 9.47 Å². The Labute approximate surface area is 177 Å². The Balaban J connectivity index is 1.51. The number of aryl methyl sites for hydroxylation is 1. The molecule has 2 aromatic rings. The Morgan fingerprint density at radius 3 is 2.72 bits per heavy atom. The van der Waals surface area contributed by atoms with Crippen LogP contribution < -0.4 is 9.47 Å². The lowest BCUT2D eigenvalue weighted by Crippen LogP contribution is -2.40. The second-order valence-corrected chi connectivity index (χ2v) is 8.80. The Bertz CT molecular complexity index is 764. The van der Waals surface area contributed by atoms with Crippen LogP contribution in [0.1, 0.15) is 17.0 Å². The highest BCUT2D eigenvalue weighted by molar-refractivity contribution is 7.99. The van der Waals surface area contributed by atoms with Gasteiger partial charge in [0, 0.05) is 49.9 Å². The third-order valence-corrected chi connectivity index (χ3v) is 5.82. The van der Waals surface area contributed by atoms with E-state index in [2.05, 4.69) is 33.1 Å². The van der Waals surface area contributed by atoms with Crippen molar-refractivity contribution in [3.8, 4) is 11.5 Å². The number of aromatic nitrogens is 2. The van der Waals surface area contributed by atoms with Crippen LogP contribution >= 0.6 is 11.8 Å². The molecule has 1 aromatic carbocycles. The zero-order valence-corrected chi connectivity index (χ0v) is 18.4. The number of rotatable bonds is 10. The Kier molecular flexibility index (Phi) is 8.23. The molecule has 1 aliphatic rings. The van der Waals surface area contributed by atoms with Crippen molar-refractivity contribution in [1.29, 1.82) is 0 Å².